The quantitative estimate of drug-likeness (QED) is 0.493. The van der Waals surface area contributed by atoms with E-state index in [2.05, 4.69) is 15.3 Å². The molecule has 11 heteroatoms. The lowest BCUT2D eigenvalue weighted by Gasteiger charge is -2.35. The van der Waals surface area contributed by atoms with Gasteiger partial charge in [0.25, 0.3) is 10.2 Å². The van der Waals surface area contributed by atoms with E-state index in [1.165, 1.54) is 39.8 Å². The Bertz CT molecular complexity index is 965. The minimum absolute atomic E-state index is 0.359. The number of nitrogens with one attached hydrogen (secondary N) is 1. The molecule has 1 amide bonds. The lowest BCUT2D eigenvalue weighted by molar-refractivity contribution is -0.107. The number of aromatic nitrogens is 1. The molecule has 1 aromatic heterocycles. The third-order valence-electron chi connectivity index (χ3n) is 4.76. The van der Waals surface area contributed by atoms with Crippen LogP contribution in [-0.2, 0) is 21.5 Å². The highest BCUT2D eigenvalue weighted by Gasteiger charge is 2.28. The van der Waals surface area contributed by atoms with E-state index in [4.69, 9.17) is 0 Å². The predicted octanol–water partition coefficient (Wildman–Crippen LogP) is 1.13. The van der Waals surface area contributed by atoms with Gasteiger partial charge >= 0.3 is 0 Å². The first-order valence-corrected chi connectivity index (χ1v) is 10.8. The number of pyridine rings is 1. The number of nitrogens with zero attached hydrogens (tertiary/aromatic N) is 5. The number of anilines is 2. The number of carbonyl (C=O) groups is 1. The second kappa shape index (κ2) is 9.47. The summed E-state index contributed by atoms with van der Waals surface area (Å²) in [7, 11) is -0.416. The number of halogens is 1. The molecule has 0 atom stereocenters. The van der Waals surface area contributed by atoms with Crippen molar-refractivity contribution >= 4 is 28.0 Å². The Morgan fingerprint density at radius 1 is 1.20 bits per heavy atom. The van der Waals surface area contributed by atoms with Gasteiger partial charge in [0.05, 0.1) is 17.6 Å². The van der Waals surface area contributed by atoms with E-state index in [0.717, 1.165) is 0 Å². The molecule has 3 rings (SSSR count). The Kier molecular flexibility index (Phi) is 6.98. The maximum absolute atomic E-state index is 14.2. The second-order valence-corrected chi connectivity index (χ2v) is 9.25. The highest BCUT2D eigenvalue weighted by molar-refractivity contribution is 7.86. The van der Waals surface area contributed by atoms with Crippen LogP contribution in [0.25, 0.3) is 0 Å². The van der Waals surface area contributed by atoms with Gasteiger partial charge in [-0.15, -0.1) is 0 Å². The maximum Gasteiger partial charge on any atom is 0.281 e. The van der Waals surface area contributed by atoms with Gasteiger partial charge in [0.1, 0.15) is 5.82 Å². The molecule has 1 aliphatic rings. The number of carbonyl (C=O) groups excluding carboxylic acids is 1. The van der Waals surface area contributed by atoms with Crippen LogP contribution in [0.1, 0.15) is 5.56 Å². The van der Waals surface area contributed by atoms with Crippen LogP contribution in [0.3, 0.4) is 0 Å². The Balaban J connectivity index is 1.68. The Labute approximate surface area is 175 Å². The zero-order valence-electron chi connectivity index (χ0n) is 16.9. The molecule has 0 spiro atoms. The fourth-order valence-electron chi connectivity index (χ4n) is 3.19. The molecule has 1 aliphatic heterocycles. The van der Waals surface area contributed by atoms with E-state index >= 15 is 0 Å². The molecule has 0 radical (unpaired) electrons. The van der Waals surface area contributed by atoms with E-state index in [1.807, 2.05) is 0 Å². The van der Waals surface area contributed by atoms with Crippen LogP contribution in [-0.4, -0.2) is 73.6 Å². The molecular formula is C19H25FN6O3S. The van der Waals surface area contributed by atoms with Gasteiger partial charge in [0.2, 0.25) is 6.41 Å². The van der Waals surface area contributed by atoms with E-state index < -0.39 is 16.0 Å². The molecule has 9 nitrogen and oxygen atoms in total. The van der Waals surface area contributed by atoms with Gasteiger partial charge in [0, 0.05) is 53.0 Å². The Morgan fingerprint density at radius 2 is 1.93 bits per heavy atom. The third kappa shape index (κ3) is 5.30. The molecule has 0 aliphatic carbocycles. The first kappa shape index (κ1) is 22.1. The molecule has 1 N–H and O–H groups in total. The molecule has 0 bridgehead atoms. The summed E-state index contributed by atoms with van der Waals surface area (Å²) >= 11 is 0. The van der Waals surface area contributed by atoms with E-state index in [0.29, 0.717) is 56.1 Å². The molecule has 0 unspecified atom stereocenters. The minimum atomic E-state index is -3.43. The van der Waals surface area contributed by atoms with Crippen molar-refractivity contribution in [2.75, 3.05) is 50.7 Å². The van der Waals surface area contributed by atoms with Crippen LogP contribution < -0.4 is 10.4 Å². The number of hydrogen-bond acceptors (Lipinski definition) is 6. The molecule has 30 heavy (non-hydrogen) atoms. The summed E-state index contributed by atoms with van der Waals surface area (Å²) in [6, 6.07) is 7.87. The first-order valence-electron chi connectivity index (χ1n) is 9.40. The van der Waals surface area contributed by atoms with Gasteiger partial charge in [-0.1, -0.05) is 0 Å². The van der Waals surface area contributed by atoms with Crippen molar-refractivity contribution in [1.82, 2.24) is 18.5 Å². The zero-order chi connectivity index (χ0) is 21.7. The fraction of sp³-hybridized carbons (Fsp3) is 0.368. The van der Waals surface area contributed by atoms with Crippen LogP contribution in [0.5, 0.6) is 0 Å². The van der Waals surface area contributed by atoms with Crippen molar-refractivity contribution in [3.63, 3.8) is 0 Å². The van der Waals surface area contributed by atoms with Gasteiger partial charge < -0.3 is 0 Å². The highest BCUT2D eigenvalue weighted by atomic mass is 32.2. The Morgan fingerprint density at radius 3 is 2.53 bits per heavy atom. The van der Waals surface area contributed by atoms with E-state index in [1.54, 1.807) is 30.6 Å². The summed E-state index contributed by atoms with van der Waals surface area (Å²) in [5, 5.41) is 1.19. The summed E-state index contributed by atoms with van der Waals surface area (Å²) in [6.07, 6.45) is 3.73. The first-order chi connectivity index (χ1) is 14.3. The summed E-state index contributed by atoms with van der Waals surface area (Å²) in [5.74, 6) is -0.462. The lowest BCUT2D eigenvalue weighted by Crippen LogP contribution is -2.51. The summed E-state index contributed by atoms with van der Waals surface area (Å²) in [4.78, 5) is 17.6. The van der Waals surface area contributed by atoms with Crippen molar-refractivity contribution < 1.29 is 17.6 Å². The maximum atomic E-state index is 14.2. The molecule has 2 heterocycles. The van der Waals surface area contributed by atoms with Gasteiger partial charge in [-0.2, -0.15) is 17.0 Å². The van der Waals surface area contributed by atoms with Gasteiger partial charge in [-0.25, -0.2) is 9.40 Å². The smallest absolute Gasteiger partial charge is 0.281 e. The largest absolute Gasteiger partial charge is 0.296 e. The molecule has 1 fully saturated rings. The standard InChI is InChI=1S/C19H25FN6O3S/c1-23(2)30(28,29)25-8-6-24(7-9-25)14-16-10-17(20)12-19(11-16)26(15-27)22-18-4-3-5-21-13-18/h3-5,10-13,15,22H,6-9,14H2,1-2H3. The summed E-state index contributed by atoms with van der Waals surface area (Å²) in [6.45, 7) is 2.24. The molecule has 1 saturated heterocycles. The average Bonchev–Trinajstić information content (AvgIpc) is 2.72. The van der Waals surface area contributed by atoms with Gasteiger partial charge in [-0.05, 0) is 35.9 Å². The van der Waals surface area contributed by atoms with Gasteiger partial charge in [0.15, 0.2) is 0 Å². The van der Waals surface area contributed by atoms with Crippen LogP contribution in [0.15, 0.2) is 42.7 Å². The zero-order valence-corrected chi connectivity index (χ0v) is 17.7. The third-order valence-corrected chi connectivity index (χ3v) is 6.70. The van der Waals surface area contributed by atoms with Crippen molar-refractivity contribution in [3.05, 3.63) is 54.1 Å². The topological polar surface area (TPSA) is 89.1 Å². The fourth-order valence-corrected chi connectivity index (χ4v) is 4.28. The average molecular weight is 437 g/mol. The van der Waals surface area contributed by atoms with E-state index in [-0.39, 0.29) is 0 Å². The normalized spacial score (nSPS) is 15.9. The van der Waals surface area contributed by atoms with Crippen molar-refractivity contribution in [3.8, 4) is 0 Å². The number of piperazine rings is 1. The Hall–Kier alpha value is -2.60. The van der Waals surface area contributed by atoms with Crippen LogP contribution in [0.4, 0.5) is 15.8 Å². The molecule has 162 valence electrons. The minimum Gasteiger partial charge on any atom is -0.296 e. The predicted molar refractivity (Wildman–Crippen MR) is 112 cm³/mol. The summed E-state index contributed by atoms with van der Waals surface area (Å²) in [5.41, 5.74) is 4.52. The second-order valence-electron chi connectivity index (χ2n) is 7.11. The number of hydrogen-bond donors (Lipinski definition) is 1. The number of amides is 1. The van der Waals surface area contributed by atoms with Crippen molar-refractivity contribution in [1.29, 1.82) is 0 Å². The monoisotopic (exact) mass is 436 g/mol. The lowest BCUT2D eigenvalue weighted by atomic mass is 10.1. The number of hydrazine groups is 1. The molecule has 2 aromatic rings. The summed E-state index contributed by atoms with van der Waals surface area (Å²) < 4.78 is 41.3. The van der Waals surface area contributed by atoms with Crippen molar-refractivity contribution in [2.24, 2.45) is 0 Å². The molecule has 1 aromatic carbocycles. The van der Waals surface area contributed by atoms with Crippen LogP contribution in [0, 0.1) is 5.82 Å². The van der Waals surface area contributed by atoms with Crippen molar-refractivity contribution in [2.45, 2.75) is 6.54 Å². The van der Waals surface area contributed by atoms with Crippen LogP contribution >= 0.6 is 0 Å². The number of benzene rings is 1. The SMILES string of the molecule is CN(C)S(=O)(=O)N1CCN(Cc2cc(F)cc(N(C=O)Nc3cccnc3)c2)CC1. The van der Waals surface area contributed by atoms with E-state index in [9.17, 15) is 17.6 Å². The van der Waals surface area contributed by atoms with Crippen LogP contribution in [0.2, 0.25) is 0 Å². The van der Waals surface area contributed by atoms with Gasteiger partial charge in [-0.3, -0.25) is 20.1 Å². The molecule has 0 saturated carbocycles. The highest BCUT2D eigenvalue weighted by Crippen LogP contribution is 2.21. The molecular weight excluding hydrogens is 411 g/mol. The number of rotatable bonds is 8.